The highest BCUT2D eigenvalue weighted by molar-refractivity contribution is 9.10. The zero-order valence-corrected chi connectivity index (χ0v) is 24.0. The molecule has 200 valence electrons. The second kappa shape index (κ2) is 11.8. The van der Waals surface area contributed by atoms with E-state index in [0.717, 1.165) is 0 Å². The number of carbonyl (C=O) groups excluding carboxylic acids is 2. The van der Waals surface area contributed by atoms with Gasteiger partial charge in [0.15, 0.2) is 0 Å². The minimum Gasteiger partial charge on any atom is -0.422 e. The van der Waals surface area contributed by atoms with E-state index in [-0.39, 0.29) is 27.5 Å². The number of hydrazone groups is 1. The second-order valence-corrected chi connectivity index (χ2v) is 10.6. The van der Waals surface area contributed by atoms with Gasteiger partial charge in [0.1, 0.15) is 17.3 Å². The number of aromatic nitrogens is 1. The van der Waals surface area contributed by atoms with Crippen molar-refractivity contribution in [1.82, 2.24) is 10.4 Å². The number of aromatic amines is 1. The molecule has 11 heteroatoms. The average Bonchev–Trinajstić information content (AvgIpc) is 3.31. The number of H-pyrrole nitrogens is 1. The van der Waals surface area contributed by atoms with E-state index in [2.05, 4.69) is 31.4 Å². The molecular formula is C29H16BrCl3FN3O3. The number of hydrogen-bond donors (Lipinski definition) is 2. The van der Waals surface area contributed by atoms with Crippen molar-refractivity contribution in [2.75, 3.05) is 0 Å². The number of esters is 1. The Bertz CT molecular complexity index is 1820. The van der Waals surface area contributed by atoms with Gasteiger partial charge in [-0.2, -0.15) is 5.10 Å². The maximum atomic E-state index is 14.6. The molecule has 1 amide bonds. The zero-order chi connectivity index (χ0) is 28.4. The normalized spacial score (nSPS) is 11.2. The van der Waals surface area contributed by atoms with Crippen LogP contribution in [0, 0.1) is 5.82 Å². The van der Waals surface area contributed by atoms with Gasteiger partial charge < -0.3 is 9.72 Å². The molecular weight excluding hydrogens is 644 g/mol. The number of para-hydroxylation sites is 1. The average molecular weight is 660 g/mol. The number of ether oxygens (including phenoxy) is 1. The standard InChI is InChI=1S/C29H16BrCl3FN3O3/c30-16-8-11-24(40-29(39)19-10-9-17(31)13-22(19)33)15(12-16)14-35-37-28(38)27-25(18-4-1-2-6-21(18)32)20-5-3-7-23(34)26(20)36-27/h1-14,36H,(H,37,38). The molecule has 0 saturated carbocycles. The minimum absolute atomic E-state index is 0.0728. The smallest absolute Gasteiger partial charge is 0.345 e. The first-order valence-electron chi connectivity index (χ1n) is 11.6. The Labute approximate surface area is 250 Å². The number of carbonyl (C=O) groups is 2. The lowest BCUT2D eigenvalue weighted by Crippen LogP contribution is -2.19. The van der Waals surface area contributed by atoms with E-state index < -0.39 is 17.7 Å². The van der Waals surface area contributed by atoms with Crippen molar-refractivity contribution in [3.05, 3.63) is 121 Å². The molecule has 5 aromatic rings. The number of halogens is 5. The first-order valence-corrected chi connectivity index (χ1v) is 13.5. The van der Waals surface area contributed by atoms with Crippen LogP contribution in [0.25, 0.3) is 22.0 Å². The first-order chi connectivity index (χ1) is 19.2. The monoisotopic (exact) mass is 657 g/mol. The molecule has 0 aliphatic rings. The van der Waals surface area contributed by atoms with E-state index in [1.807, 2.05) is 0 Å². The summed E-state index contributed by atoms with van der Waals surface area (Å²) in [7, 11) is 0. The lowest BCUT2D eigenvalue weighted by atomic mass is 10.0. The molecule has 0 radical (unpaired) electrons. The Morgan fingerprint density at radius 1 is 0.950 bits per heavy atom. The van der Waals surface area contributed by atoms with Gasteiger partial charge in [0.05, 0.1) is 22.3 Å². The summed E-state index contributed by atoms with van der Waals surface area (Å²) in [5.41, 5.74) is 4.17. The Hall–Kier alpha value is -3.69. The molecule has 1 aromatic heterocycles. The van der Waals surface area contributed by atoms with Gasteiger partial charge in [-0.1, -0.05) is 81.1 Å². The van der Waals surface area contributed by atoms with Crippen LogP contribution in [-0.4, -0.2) is 23.1 Å². The highest BCUT2D eigenvalue weighted by Crippen LogP contribution is 2.37. The summed E-state index contributed by atoms with van der Waals surface area (Å²) in [4.78, 5) is 28.9. The summed E-state index contributed by atoms with van der Waals surface area (Å²) in [5.74, 6) is -1.69. The third-order valence-corrected chi connectivity index (χ3v) is 7.22. The summed E-state index contributed by atoms with van der Waals surface area (Å²) in [5, 5.41) is 5.46. The van der Waals surface area contributed by atoms with E-state index in [9.17, 15) is 14.0 Å². The predicted molar refractivity (Wildman–Crippen MR) is 159 cm³/mol. The fourth-order valence-electron chi connectivity index (χ4n) is 4.04. The fraction of sp³-hybridized carbons (Fsp3) is 0. The molecule has 5 rings (SSSR count). The second-order valence-electron chi connectivity index (χ2n) is 8.41. The molecule has 0 aliphatic heterocycles. The minimum atomic E-state index is -0.702. The molecule has 0 atom stereocenters. The van der Waals surface area contributed by atoms with Crippen molar-refractivity contribution in [3.63, 3.8) is 0 Å². The largest absolute Gasteiger partial charge is 0.422 e. The number of benzene rings is 4. The van der Waals surface area contributed by atoms with Crippen LogP contribution in [0.1, 0.15) is 26.4 Å². The van der Waals surface area contributed by atoms with Crippen molar-refractivity contribution in [1.29, 1.82) is 0 Å². The van der Waals surface area contributed by atoms with Gasteiger partial charge in [-0.05, 0) is 48.5 Å². The lowest BCUT2D eigenvalue weighted by Gasteiger charge is -2.09. The van der Waals surface area contributed by atoms with Gasteiger partial charge >= 0.3 is 5.97 Å². The fourth-order valence-corrected chi connectivity index (χ4v) is 5.13. The SMILES string of the molecule is O=C(Oc1ccc(Br)cc1C=NNC(=O)c1[nH]c2c(F)cccc2c1-c1ccccc1Cl)c1ccc(Cl)cc1Cl. The maximum absolute atomic E-state index is 14.6. The third kappa shape index (κ3) is 5.76. The van der Waals surface area contributed by atoms with Gasteiger partial charge in [0.25, 0.3) is 5.91 Å². The van der Waals surface area contributed by atoms with Crippen molar-refractivity contribution in [2.45, 2.75) is 0 Å². The molecule has 0 fully saturated rings. The van der Waals surface area contributed by atoms with Gasteiger partial charge in [-0.15, -0.1) is 0 Å². The van der Waals surface area contributed by atoms with E-state index in [0.29, 0.717) is 36.6 Å². The third-order valence-electron chi connectivity index (χ3n) is 5.85. The molecule has 0 saturated heterocycles. The van der Waals surface area contributed by atoms with Crippen LogP contribution in [0.2, 0.25) is 15.1 Å². The van der Waals surface area contributed by atoms with Crippen molar-refractivity contribution in [2.24, 2.45) is 5.10 Å². The van der Waals surface area contributed by atoms with Gasteiger partial charge in [-0.3, -0.25) is 4.79 Å². The number of rotatable bonds is 6. The van der Waals surface area contributed by atoms with Crippen molar-refractivity contribution >= 4 is 79.7 Å². The van der Waals surface area contributed by atoms with Crippen LogP contribution >= 0.6 is 50.7 Å². The van der Waals surface area contributed by atoms with E-state index in [1.54, 1.807) is 54.6 Å². The highest BCUT2D eigenvalue weighted by Gasteiger charge is 2.22. The highest BCUT2D eigenvalue weighted by atomic mass is 79.9. The first kappa shape index (κ1) is 27.9. The molecule has 0 unspecified atom stereocenters. The lowest BCUT2D eigenvalue weighted by molar-refractivity contribution is 0.0734. The molecule has 0 spiro atoms. The maximum Gasteiger partial charge on any atom is 0.345 e. The Kier molecular flexibility index (Phi) is 8.23. The van der Waals surface area contributed by atoms with Gasteiger partial charge in [-0.25, -0.2) is 14.6 Å². The molecule has 0 bridgehead atoms. The molecule has 40 heavy (non-hydrogen) atoms. The van der Waals surface area contributed by atoms with Crippen LogP contribution in [0.3, 0.4) is 0 Å². The van der Waals surface area contributed by atoms with Crippen molar-refractivity contribution < 1.29 is 18.7 Å². The molecule has 0 aliphatic carbocycles. The zero-order valence-electron chi connectivity index (χ0n) is 20.1. The Morgan fingerprint density at radius 2 is 1.75 bits per heavy atom. The molecule has 2 N–H and O–H groups in total. The van der Waals surface area contributed by atoms with Crippen LogP contribution in [0.4, 0.5) is 4.39 Å². The van der Waals surface area contributed by atoms with Crippen LogP contribution in [0.5, 0.6) is 5.75 Å². The number of amides is 1. The molecule has 1 heterocycles. The quantitative estimate of drug-likeness (QED) is 0.0828. The number of nitrogens with zero attached hydrogens (tertiary/aromatic N) is 1. The summed E-state index contributed by atoms with van der Waals surface area (Å²) in [6, 6.07) is 20.8. The van der Waals surface area contributed by atoms with Gasteiger partial charge in [0.2, 0.25) is 0 Å². The Balaban J connectivity index is 1.44. The summed E-state index contributed by atoms with van der Waals surface area (Å²) in [6.45, 7) is 0. The molecule has 4 aromatic carbocycles. The summed E-state index contributed by atoms with van der Waals surface area (Å²) in [6.07, 6.45) is 1.31. The number of hydrogen-bond acceptors (Lipinski definition) is 4. The van der Waals surface area contributed by atoms with E-state index in [1.165, 1.54) is 30.5 Å². The van der Waals surface area contributed by atoms with Crippen LogP contribution in [0.15, 0.2) is 88.4 Å². The number of fused-ring (bicyclic) bond motifs is 1. The van der Waals surface area contributed by atoms with E-state index >= 15 is 0 Å². The summed E-state index contributed by atoms with van der Waals surface area (Å²) >= 11 is 21.8. The molecule has 6 nitrogen and oxygen atoms in total. The van der Waals surface area contributed by atoms with E-state index in [4.69, 9.17) is 39.5 Å². The topological polar surface area (TPSA) is 83.5 Å². The predicted octanol–water partition coefficient (Wildman–Crippen LogP) is 8.68. The Morgan fingerprint density at radius 3 is 2.52 bits per heavy atom. The van der Waals surface area contributed by atoms with Crippen molar-refractivity contribution in [3.8, 4) is 16.9 Å². The van der Waals surface area contributed by atoms with Crippen LogP contribution in [-0.2, 0) is 0 Å². The van der Waals surface area contributed by atoms with Gasteiger partial charge in [0, 0.05) is 36.6 Å². The van der Waals surface area contributed by atoms with Crippen LogP contribution < -0.4 is 10.2 Å². The summed E-state index contributed by atoms with van der Waals surface area (Å²) < 4.78 is 20.8. The number of nitrogens with one attached hydrogen (secondary N) is 2.